The molecule has 1 aromatic carbocycles. The van der Waals surface area contributed by atoms with Crippen LogP contribution in [0.5, 0.6) is 0 Å². The van der Waals surface area contributed by atoms with E-state index < -0.39 is 0 Å². The second-order valence-corrected chi connectivity index (χ2v) is 5.31. The lowest BCUT2D eigenvalue weighted by Gasteiger charge is -2.06. The number of aromatic nitrogens is 4. The lowest BCUT2D eigenvalue weighted by atomic mass is 10.1. The number of hydrogen-bond donors (Lipinski definition) is 2. The number of nitrogens with two attached hydrogens (primary N) is 1. The third kappa shape index (κ3) is 3.17. The van der Waals surface area contributed by atoms with E-state index in [0.717, 1.165) is 11.3 Å². The first-order valence-corrected chi connectivity index (χ1v) is 7.21. The highest BCUT2D eigenvalue weighted by Gasteiger charge is 2.08. The largest absolute Gasteiger partial charge is 0.409 e. The minimum absolute atomic E-state index is 0.0191. The molecule has 3 rings (SSSR count). The zero-order chi connectivity index (χ0) is 17.1. The van der Waals surface area contributed by atoms with E-state index in [0.29, 0.717) is 17.7 Å². The molecule has 0 bridgehead atoms. The summed E-state index contributed by atoms with van der Waals surface area (Å²) in [6, 6.07) is 8.60. The van der Waals surface area contributed by atoms with Crippen molar-refractivity contribution >= 4 is 5.84 Å². The van der Waals surface area contributed by atoms with Gasteiger partial charge in [0.25, 0.3) is 0 Å². The monoisotopic (exact) mass is 324 g/mol. The van der Waals surface area contributed by atoms with Gasteiger partial charge in [0.15, 0.2) is 5.84 Å². The molecule has 0 saturated heterocycles. The molecule has 0 radical (unpaired) electrons. The minimum atomic E-state index is -0.149. The first kappa shape index (κ1) is 15.5. The van der Waals surface area contributed by atoms with Crippen molar-refractivity contribution in [3.05, 3.63) is 76.0 Å². The molecule has 0 amide bonds. The number of nitrogens with zero attached hydrogens (tertiary/aromatic N) is 5. The number of rotatable bonds is 4. The van der Waals surface area contributed by atoms with E-state index in [1.54, 1.807) is 46.2 Å². The Morgan fingerprint density at radius 1 is 1.38 bits per heavy atom. The summed E-state index contributed by atoms with van der Waals surface area (Å²) in [4.78, 5) is 12.1. The third-order valence-electron chi connectivity index (χ3n) is 3.54. The second kappa shape index (κ2) is 6.37. The smallest absolute Gasteiger partial charge is 0.203 e. The van der Waals surface area contributed by atoms with Gasteiger partial charge in [0.2, 0.25) is 5.43 Å². The van der Waals surface area contributed by atoms with Gasteiger partial charge in [0.05, 0.1) is 12.4 Å². The van der Waals surface area contributed by atoms with E-state index in [-0.39, 0.29) is 11.3 Å². The summed E-state index contributed by atoms with van der Waals surface area (Å²) >= 11 is 0. The Hall–Kier alpha value is -3.42. The van der Waals surface area contributed by atoms with E-state index in [2.05, 4.69) is 15.4 Å². The Labute approximate surface area is 137 Å². The maximum atomic E-state index is 12.1. The Morgan fingerprint density at radius 2 is 2.21 bits per heavy atom. The van der Waals surface area contributed by atoms with E-state index in [1.807, 2.05) is 13.1 Å². The second-order valence-electron chi connectivity index (χ2n) is 5.31. The highest BCUT2D eigenvalue weighted by atomic mass is 16.4. The van der Waals surface area contributed by atoms with Gasteiger partial charge < -0.3 is 10.9 Å². The summed E-state index contributed by atoms with van der Waals surface area (Å²) in [5.74, 6) is 0.0191. The molecule has 8 nitrogen and oxygen atoms in total. The molecule has 122 valence electrons. The van der Waals surface area contributed by atoms with Crippen molar-refractivity contribution in [2.24, 2.45) is 17.9 Å². The lowest BCUT2D eigenvalue weighted by molar-refractivity contribution is 0.318. The fourth-order valence-electron chi connectivity index (χ4n) is 2.33. The average molecular weight is 324 g/mol. The molecule has 8 heteroatoms. The van der Waals surface area contributed by atoms with Gasteiger partial charge >= 0.3 is 0 Å². The van der Waals surface area contributed by atoms with Gasteiger partial charge in [0, 0.05) is 31.3 Å². The van der Waals surface area contributed by atoms with E-state index in [9.17, 15) is 4.79 Å². The SMILES string of the molecule is Cn1cc(-n2ccc(=O)c(Cc3cccc(/C(N)=N\O)c3)n2)cn1. The maximum Gasteiger partial charge on any atom is 0.203 e. The van der Waals surface area contributed by atoms with Crippen molar-refractivity contribution in [1.29, 1.82) is 0 Å². The first-order valence-electron chi connectivity index (χ1n) is 7.21. The summed E-state index contributed by atoms with van der Waals surface area (Å²) < 4.78 is 3.27. The Bertz CT molecular complexity index is 957. The molecule has 2 heterocycles. The fraction of sp³-hybridized carbons (Fsp3) is 0.125. The van der Waals surface area contributed by atoms with Crippen LogP contribution in [0.25, 0.3) is 5.69 Å². The van der Waals surface area contributed by atoms with Crippen LogP contribution in [0.2, 0.25) is 0 Å². The quantitative estimate of drug-likeness (QED) is 0.317. The molecule has 0 fully saturated rings. The summed E-state index contributed by atoms with van der Waals surface area (Å²) in [5.41, 5.74) is 8.04. The normalized spacial score (nSPS) is 11.6. The molecule has 0 aliphatic heterocycles. The van der Waals surface area contributed by atoms with Gasteiger partial charge in [-0.05, 0) is 11.6 Å². The van der Waals surface area contributed by atoms with Gasteiger partial charge in [-0.3, -0.25) is 9.48 Å². The molecule has 24 heavy (non-hydrogen) atoms. The minimum Gasteiger partial charge on any atom is -0.409 e. The molecule has 0 aliphatic carbocycles. The topological polar surface area (TPSA) is 111 Å². The van der Waals surface area contributed by atoms with Crippen LogP contribution in [-0.2, 0) is 13.5 Å². The predicted molar refractivity (Wildman–Crippen MR) is 88.4 cm³/mol. The zero-order valence-electron chi connectivity index (χ0n) is 13.0. The fourth-order valence-corrected chi connectivity index (χ4v) is 2.33. The summed E-state index contributed by atoms with van der Waals surface area (Å²) in [6.45, 7) is 0. The highest BCUT2D eigenvalue weighted by molar-refractivity contribution is 5.97. The van der Waals surface area contributed by atoms with Crippen LogP contribution in [-0.4, -0.2) is 30.6 Å². The van der Waals surface area contributed by atoms with Crippen LogP contribution >= 0.6 is 0 Å². The highest BCUT2D eigenvalue weighted by Crippen LogP contribution is 2.09. The van der Waals surface area contributed by atoms with Crippen molar-refractivity contribution < 1.29 is 5.21 Å². The zero-order valence-corrected chi connectivity index (χ0v) is 13.0. The number of hydrogen-bond acceptors (Lipinski definition) is 5. The number of aryl methyl sites for hydroxylation is 1. The predicted octanol–water partition coefficient (Wildman–Crippen LogP) is 0.651. The van der Waals surface area contributed by atoms with Gasteiger partial charge in [-0.25, -0.2) is 4.68 Å². The van der Waals surface area contributed by atoms with Crippen LogP contribution < -0.4 is 11.2 Å². The average Bonchev–Trinajstić information content (AvgIpc) is 3.03. The van der Waals surface area contributed by atoms with Crippen LogP contribution in [0.4, 0.5) is 0 Å². The van der Waals surface area contributed by atoms with Crippen molar-refractivity contribution in [1.82, 2.24) is 19.6 Å². The standard InChI is InChI=1S/C16H16N6O2/c1-21-10-13(9-18-21)22-6-5-15(23)14(19-22)8-11-3-2-4-12(7-11)16(17)20-24/h2-7,9-10,24H,8H2,1H3,(H2,17,20). The van der Waals surface area contributed by atoms with Crippen molar-refractivity contribution in [3.63, 3.8) is 0 Å². The third-order valence-corrected chi connectivity index (χ3v) is 3.54. The molecule has 0 unspecified atom stereocenters. The van der Waals surface area contributed by atoms with E-state index in [1.165, 1.54) is 6.07 Å². The summed E-state index contributed by atoms with van der Waals surface area (Å²) in [5, 5.41) is 20.2. The van der Waals surface area contributed by atoms with Crippen LogP contribution in [0.1, 0.15) is 16.8 Å². The van der Waals surface area contributed by atoms with Crippen molar-refractivity contribution in [3.8, 4) is 5.69 Å². The van der Waals surface area contributed by atoms with Crippen molar-refractivity contribution in [2.45, 2.75) is 6.42 Å². The summed E-state index contributed by atoms with van der Waals surface area (Å²) in [7, 11) is 1.81. The van der Waals surface area contributed by atoms with Gasteiger partial charge in [-0.2, -0.15) is 10.2 Å². The maximum absolute atomic E-state index is 12.1. The van der Waals surface area contributed by atoms with Gasteiger partial charge in [-0.1, -0.05) is 23.4 Å². The van der Waals surface area contributed by atoms with E-state index >= 15 is 0 Å². The molecule has 3 N–H and O–H groups in total. The van der Waals surface area contributed by atoms with Gasteiger partial charge in [-0.15, -0.1) is 0 Å². The molecule has 2 aromatic heterocycles. The molecule has 0 aliphatic rings. The first-order chi connectivity index (χ1) is 11.6. The summed E-state index contributed by atoms with van der Waals surface area (Å²) in [6.07, 6.45) is 5.42. The molecule has 3 aromatic rings. The Kier molecular flexibility index (Phi) is 4.11. The molecular formula is C16H16N6O2. The number of amidine groups is 1. The molecule has 0 saturated carbocycles. The van der Waals surface area contributed by atoms with Crippen LogP contribution in [0.3, 0.4) is 0 Å². The van der Waals surface area contributed by atoms with Gasteiger partial charge in [0.1, 0.15) is 11.4 Å². The Morgan fingerprint density at radius 3 is 2.92 bits per heavy atom. The van der Waals surface area contributed by atoms with E-state index in [4.69, 9.17) is 10.9 Å². The lowest BCUT2D eigenvalue weighted by Crippen LogP contribution is -2.17. The van der Waals surface area contributed by atoms with Crippen LogP contribution in [0.15, 0.2) is 58.9 Å². The number of benzene rings is 1. The molecule has 0 spiro atoms. The number of oxime groups is 1. The molecule has 0 atom stereocenters. The van der Waals surface area contributed by atoms with Crippen LogP contribution in [0, 0.1) is 0 Å². The molecular weight excluding hydrogens is 308 g/mol. The Balaban J connectivity index is 1.94. The van der Waals surface area contributed by atoms with Crippen molar-refractivity contribution in [2.75, 3.05) is 0 Å².